The third kappa shape index (κ3) is 3.29. The third-order valence-corrected chi connectivity index (χ3v) is 4.14. The highest BCUT2D eigenvalue weighted by Crippen LogP contribution is 2.16. The van der Waals surface area contributed by atoms with Gasteiger partial charge >= 0.3 is 0 Å². The normalized spacial score (nSPS) is 11.1. The summed E-state index contributed by atoms with van der Waals surface area (Å²) in [6.07, 6.45) is 2.18. The molecule has 0 bridgehead atoms. The predicted octanol–water partition coefficient (Wildman–Crippen LogP) is 2.60. The van der Waals surface area contributed by atoms with E-state index in [4.69, 9.17) is 0 Å². The number of amides is 1. The number of nitrogens with zero attached hydrogens (tertiary/aromatic N) is 3. The van der Waals surface area contributed by atoms with E-state index < -0.39 is 0 Å². The molecule has 118 valence electrons. The molecule has 1 N–H and O–H groups in total. The first-order chi connectivity index (χ1) is 11.0. The van der Waals surface area contributed by atoms with Gasteiger partial charge in [0.25, 0.3) is 11.5 Å². The van der Waals surface area contributed by atoms with Crippen LogP contribution in [0.1, 0.15) is 29.2 Å². The Labute approximate surface area is 136 Å². The summed E-state index contributed by atoms with van der Waals surface area (Å²) in [5, 5.41) is 7.76. The molecular formula is C16H16N4O2S. The van der Waals surface area contributed by atoms with Crippen molar-refractivity contribution >= 4 is 27.9 Å². The van der Waals surface area contributed by atoms with Gasteiger partial charge in [-0.05, 0) is 18.1 Å². The van der Waals surface area contributed by atoms with E-state index in [1.54, 1.807) is 24.3 Å². The Hall–Kier alpha value is -2.54. The number of aromatic nitrogens is 3. The molecular weight excluding hydrogens is 312 g/mol. The summed E-state index contributed by atoms with van der Waals surface area (Å²) in [6.45, 7) is 4.18. The SMILES string of the molecule is CC(C)Cc1nn2c(=O)c(NC(=O)c3ccccc3)cnc2s1. The topological polar surface area (TPSA) is 76.4 Å². The number of anilines is 1. The number of nitrogens with one attached hydrogen (secondary N) is 1. The van der Waals surface area contributed by atoms with Crippen molar-refractivity contribution < 1.29 is 4.79 Å². The van der Waals surface area contributed by atoms with Crippen LogP contribution in [0.2, 0.25) is 0 Å². The molecule has 0 aliphatic heterocycles. The molecule has 7 heteroatoms. The average molecular weight is 328 g/mol. The molecule has 0 unspecified atom stereocenters. The first-order valence-corrected chi connectivity index (χ1v) is 8.10. The minimum absolute atomic E-state index is 0.123. The molecule has 0 spiro atoms. The van der Waals surface area contributed by atoms with Crippen molar-refractivity contribution in [2.24, 2.45) is 5.92 Å². The van der Waals surface area contributed by atoms with Gasteiger partial charge in [0.15, 0.2) is 0 Å². The minimum atomic E-state index is -0.370. The van der Waals surface area contributed by atoms with Crippen molar-refractivity contribution in [1.82, 2.24) is 14.6 Å². The summed E-state index contributed by atoms with van der Waals surface area (Å²) in [4.78, 5) is 29.3. The number of hydrogen-bond acceptors (Lipinski definition) is 5. The van der Waals surface area contributed by atoms with Crippen LogP contribution in [0, 0.1) is 5.92 Å². The van der Waals surface area contributed by atoms with Gasteiger partial charge in [0.1, 0.15) is 10.7 Å². The molecule has 2 aromatic heterocycles. The summed E-state index contributed by atoms with van der Waals surface area (Å²) in [5.41, 5.74) is 0.235. The standard InChI is InChI=1S/C16H16N4O2S/c1-10(2)8-13-19-20-15(22)12(9-17-16(20)23-13)18-14(21)11-6-4-3-5-7-11/h3-7,9-10H,8H2,1-2H3,(H,18,21). The maximum absolute atomic E-state index is 12.4. The van der Waals surface area contributed by atoms with E-state index in [1.165, 1.54) is 22.0 Å². The second-order valence-electron chi connectivity index (χ2n) is 5.59. The second-order valence-corrected chi connectivity index (χ2v) is 6.63. The van der Waals surface area contributed by atoms with Crippen molar-refractivity contribution in [2.75, 3.05) is 5.32 Å². The third-order valence-electron chi connectivity index (χ3n) is 3.20. The van der Waals surface area contributed by atoms with E-state index in [2.05, 4.69) is 29.2 Å². The van der Waals surface area contributed by atoms with Crippen molar-refractivity contribution in [3.63, 3.8) is 0 Å². The number of rotatable bonds is 4. The van der Waals surface area contributed by atoms with Crippen LogP contribution in [0.4, 0.5) is 5.69 Å². The molecule has 0 aliphatic carbocycles. The van der Waals surface area contributed by atoms with Gasteiger partial charge in [0.2, 0.25) is 4.96 Å². The Morgan fingerprint density at radius 1 is 1.30 bits per heavy atom. The van der Waals surface area contributed by atoms with Gasteiger partial charge in [0.05, 0.1) is 6.20 Å². The number of hydrogen-bond donors (Lipinski definition) is 1. The van der Waals surface area contributed by atoms with Crippen molar-refractivity contribution in [1.29, 1.82) is 0 Å². The van der Waals surface area contributed by atoms with Gasteiger partial charge < -0.3 is 5.32 Å². The molecule has 0 saturated heterocycles. The Bertz CT molecular complexity index is 899. The van der Waals surface area contributed by atoms with E-state index in [1.807, 2.05) is 6.07 Å². The zero-order valence-corrected chi connectivity index (χ0v) is 13.6. The lowest BCUT2D eigenvalue weighted by atomic mass is 10.1. The van der Waals surface area contributed by atoms with Crippen LogP contribution < -0.4 is 10.9 Å². The maximum Gasteiger partial charge on any atom is 0.298 e. The fourth-order valence-electron chi connectivity index (χ4n) is 2.13. The number of carbonyl (C=O) groups is 1. The van der Waals surface area contributed by atoms with Crippen molar-refractivity contribution in [3.05, 3.63) is 57.5 Å². The van der Waals surface area contributed by atoms with Crippen LogP contribution >= 0.6 is 11.3 Å². The van der Waals surface area contributed by atoms with Gasteiger partial charge in [-0.3, -0.25) is 9.59 Å². The molecule has 3 rings (SSSR count). The molecule has 0 saturated carbocycles. The molecule has 1 amide bonds. The summed E-state index contributed by atoms with van der Waals surface area (Å²) in [7, 11) is 0. The van der Waals surface area contributed by atoms with Crippen LogP contribution in [-0.4, -0.2) is 20.5 Å². The monoisotopic (exact) mass is 328 g/mol. The quantitative estimate of drug-likeness (QED) is 0.798. The first-order valence-electron chi connectivity index (χ1n) is 7.28. The molecule has 6 nitrogen and oxygen atoms in total. The average Bonchev–Trinajstić information content (AvgIpc) is 2.93. The van der Waals surface area contributed by atoms with Gasteiger partial charge in [-0.1, -0.05) is 43.4 Å². The van der Waals surface area contributed by atoms with Gasteiger partial charge in [0, 0.05) is 12.0 Å². The lowest BCUT2D eigenvalue weighted by molar-refractivity contribution is 0.102. The minimum Gasteiger partial charge on any atom is -0.316 e. The second kappa shape index (κ2) is 6.29. The fraction of sp³-hybridized carbons (Fsp3) is 0.250. The molecule has 1 aromatic carbocycles. The number of fused-ring (bicyclic) bond motifs is 1. The van der Waals surface area contributed by atoms with Crippen LogP contribution in [-0.2, 0) is 6.42 Å². The van der Waals surface area contributed by atoms with E-state index in [-0.39, 0.29) is 17.2 Å². The lowest BCUT2D eigenvalue weighted by Crippen LogP contribution is -2.23. The van der Waals surface area contributed by atoms with Gasteiger partial charge in [-0.25, -0.2) is 4.98 Å². The van der Waals surface area contributed by atoms with Gasteiger partial charge in [-0.2, -0.15) is 9.61 Å². The Morgan fingerprint density at radius 2 is 2.04 bits per heavy atom. The highest BCUT2D eigenvalue weighted by Gasteiger charge is 2.13. The van der Waals surface area contributed by atoms with Crippen molar-refractivity contribution in [3.8, 4) is 0 Å². The van der Waals surface area contributed by atoms with E-state index >= 15 is 0 Å². The molecule has 0 atom stereocenters. The lowest BCUT2D eigenvalue weighted by Gasteiger charge is -2.03. The highest BCUT2D eigenvalue weighted by molar-refractivity contribution is 7.16. The largest absolute Gasteiger partial charge is 0.316 e. The van der Waals surface area contributed by atoms with E-state index in [9.17, 15) is 9.59 Å². The summed E-state index contributed by atoms with van der Waals surface area (Å²) < 4.78 is 1.25. The first kappa shape index (κ1) is 15.4. The molecule has 2 heterocycles. The number of benzene rings is 1. The molecule has 0 aliphatic rings. The molecule has 0 radical (unpaired) electrons. The van der Waals surface area contributed by atoms with E-state index in [0.717, 1.165) is 11.4 Å². The zero-order valence-electron chi connectivity index (χ0n) is 12.8. The van der Waals surface area contributed by atoms with E-state index in [0.29, 0.717) is 16.4 Å². The molecule has 0 fully saturated rings. The number of carbonyl (C=O) groups excluding carboxylic acids is 1. The van der Waals surface area contributed by atoms with Gasteiger partial charge in [-0.15, -0.1) is 0 Å². The zero-order chi connectivity index (χ0) is 16.4. The van der Waals surface area contributed by atoms with Crippen LogP contribution in [0.25, 0.3) is 4.96 Å². The maximum atomic E-state index is 12.4. The predicted molar refractivity (Wildman–Crippen MR) is 90.1 cm³/mol. The molecule has 23 heavy (non-hydrogen) atoms. The summed E-state index contributed by atoms with van der Waals surface area (Å²) in [6, 6.07) is 8.72. The molecule has 3 aromatic rings. The Morgan fingerprint density at radius 3 is 2.74 bits per heavy atom. The summed E-state index contributed by atoms with van der Waals surface area (Å²) in [5.74, 6) is 0.102. The van der Waals surface area contributed by atoms with Crippen LogP contribution in [0.15, 0.2) is 41.3 Å². The Kier molecular flexibility index (Phi) is 4.20. The smallest absolute Gasteiger partial charge is 0.298 e. The van der Waals surface area contributed by atoms with Crippen LogP contribution in [0.3, 0.4) is 0 Å². The van der Waals surface area contributed by atoms with Crippen LogP contribution in [0.5, 0.6) is 0 Å². The fourth-order valence-corrected chi connectivity index (χ4v) is 3.19. The van der Waals surface area contributed by atoms with Crippen molar-refractivity contribution in [2.45, 2.75) is 20.3 Å². The Balaban J connectivity index is 1.91. The summed E-state index contributed by atoms with van der Waals surface area (Å²) >= 11 is 1.39. The highest BCUT2D eigenvalue weighted by atomic mass is 32.1.